The van der Waals surface area contributed by atoms with Crippen LogP contribution in [0.1, 0.15) is 54.4 Å². The second-order valence-corrected chi connectivity index (χ2v) is 8.20. The topological polar surface area (TPSA) is 32.3 Å². The fourth-order valence-corrected chi connectivity index (χ4v) is 4.01. The van der Waals surface area contributed by atoms with Crippen molar-refractivity contribution in [1.29, 1.82) is 0 Å². The smallest absolute Gasteiger partial charge is 0.0754 e. The Morgan fingerprint density at radius 2 is 1.82 bits per heavy atom. The van der Waals surface area contributed by atoms with Gasteiger partial charge in [0.25, 0.3) is 0 Å². The first-order valence-electron chi connectivity index (χ1n) is 7.01. The monoisotopic (exact) mass is 239 g/mol. The summed E-state index contributed by atoms with van der Waals surface area (Å²) >= 11 is 0. The molecule has 17 heavy (non-hydrogen) atoms. The molecule has 0 radical (unpaired) electrons. The van der Waals surface area contributed by atoms with Crippen LogP contribution in [0.5, 0.6) is 0 Å². The fraction of sp³-hybridized carbons (Fsp3) is 1.00. The maximum Gasteiger partial charge on any atom is 0.0754 e. The molecule has 2 N–H and O–H groups in total. The van der Waals surface area contributed by atoms with Crippen molar-refractivity contribution in [1.82, 2.24) is 5.32 Å². The average Bonchev–Trinajstić information content (AvgIpc) is 2.46. The summed E-state index contributed by atoms with van der Waals surface area (Å²) in [4.78, 5) is 0. The molecule has 0 heterocycles. The van der Waals surface area contributed by atoms with E-state index in [2.05, 4.69) is 46.9 Å². The quantitative estimate of drug-likeness (QED) is 0.776. The molecule has 0 unspecified atom stereocenters. The summed E-state index contributed by atoms with van der Waals surface area (Å²) in [5.74, 6) is 0.629. The summed E-state index contributed by atoms with van der Waals surface area (Å²) in [6, 6.07) is 0.294. The van der Waals surface area contributed by atoms with E-state index in [4.69, 9.17) is 0 Å². The molecular formula is C15H29NO. The van der Waals surface area contributed by atoms with Crippen LogP contribution in [-0.4, -0.2) is 23.8 Å². The standard InChI is InChI=1S/C15H29NO/c1-13(2,3)9-16-11-10-7-8-15(6,12(11)17)14(10,4)5/h10-12,16-17H,7-9H2,1-6H3/t10-,11+,12+,15+/m1/s1. The highest BCUT2D eigenvalue weighted by Crippen LogP contribution is 2.65. The van der Waals surface area contributed by atoms with Crippen LogP contribution in [0.15, 0.2) is 0 Å². The largest absolute Gasteiger partial charge is 0.391 e. The van der Waals surface area contributed by atoms with Crippen LogP contribution in [0.4, 0.5) is 0 Å². The number of nitrogens with one attached hydrogen (secondary N) is 1. The molecule has 4 atom stereocenters. The zero-order chi connectivity index (χ0) is 13.1. The SMILES string of the molecule is CC(C)(C)CN[C@H]1[C@H]2CC[C@@](C)([C@H]1O)C2(C)C. The van der Waals surface area contributed by atoms with Crippen molar-refractivity contribution in [3.05, 3.63) is 0 Å². The lowest BCUT2D eigenvalue weighted by molar-refractivity contribution is -0.00103. The predicted octanol–water partition coefficient (Wildman–Crippen LogP) is 2.81. The molecule has 0 spiro atoms. The molecular weight excluding hydrogens is 210 g/mol. The second-order valence-electron chi connectivity index (χ2n) is 8.20. The lowest BCUT2D eigenvalue weighted by Gasteiger charge is -2.37. The van der Waals surface area contributed by atoms with Crippen LogP contribution in [0.3, 0.4) is 0 Å². The van der Waals surface area contributed by atoms with Crippen molar-refractivity contribution in [2.24, 2.45) is 22.2 Å². The Morgan fingerprint density at radius 1 is 1.24 bits per heavy atom. The Hall–Kier alpha value is -0.0800. The number of fused-ring (bicyclic) bond motifs is 2. The van der Waals surface area contributed by atoms with Gasteiger partial charge in [-0.15, -0.1) is 0 Å². The van der Waals surface area contributed by atoms with Gasteiger partial charge >= 0.3 is 0 Å². The van der Waals surface area contributed by atoms with E-state index in [1.807, 2.05) is 0 Å². The highest BCUT2D eigenvalue weighted by molar-refractivity contribution is 5.17. The van der Waals surface area contributed by atoms with Gasteiger partial charge in [0.1, 0.15) is 0 Å². The molecule has 2 heteroatoms. The Balaban J connectivity index is 2.12. The van der Waals surface area contributed by atoms with Crippen molar-refractivity contribution in [3.8, 4) is 0 Å². The van der Waals surface area contributed by atoms with Crippen LogP contribution < -0.4 is 5.32 Å². The number of aliphatic hydroxyl groups is 1. The van der Waals surface area contributed by atoms with E-state index >= 15 is 0 Å². The van der Waals surface area contributed by atoms with E-state index in [1.165, 1.54) is 12.8 Å². The van der Waals surface area contributed by atoms with Crippen molar-refractivity contribution in [3.63, 3.8) is 0 Å². The van der Waals surface area contributed by atoms with E-state index < -0.39 is 0 Å². The van der Waals surface area contributed by atoms with Crippen LogP contribution >= 0.6 is 0 Å². The third-order valence-electron chi connectivity index (χ3n) is 5.67. The molecule has 0 amide bonds. The molecule has 2 rings (SSSR count). The molecule has 2 aliphatic rings. The van der Waals surface area contributed by atoms with Crippen LogP contribution in [-0.2, 0) is 0 Å². The Kier molecular flexibility index (Phi) is 2.91. The maximum absolute atomic E-state index is 10.6. The second kappa shape index (κ2) is 3.71. The number of aliphatic hydroxyl groups excluding tert-OH is 1. The third-order valence-corrected chi connectivity index (χ3v) is 5.67. The van der Waals surface area contributed by atoms with E-state index in [1.54, 1.807) is 0 Å². The first kappa shape index (κ1) is 13.4. The highest BCUT2D eigenvalue weighted by atomic mass is 16.3. The Labute approximate surface area is 106 Å². The summed E-state index contributed by atoms with van der Waals surface area (Å²) in [5.41, 5.74) is 0.655. The molecule has 2 bridgehead atoms. The highest BCUT2D eigenvalue weighted by Gasteiger charge is 2.65. The summed E-state index contributed by atoms with van der Waals surface area (Å²) in [5, 5.41) is 14.2. The Morgan fingerprint density at radius 3 is 2.24 bits per heavy atom. The van der Waals surface area contributed by atoms with Gasteiger partial charge in [0, 0.05) is 18.0 Å². The molecule has 0 aromatic carbocycles. The molecule has 2 fully saturated rings. The van der Waals surface area contributed by atoms with Gasteiger partial charge in [-0.3, -0.25) is 0 Å². The molecule has 0 aromatic heterocycles. The van der Waals surface area contributed by atoms with E-state index in [-0.39, 0.29) is 22.3 Å². The minimum atomic E-state index is -0.182. The van der Waals surface area contributed by atoms with Crippen molar-refractivity contribution in [2.45, 2.75) is 66.5 Å². The Bertz CT molecular complexity index is 305. The van der Waals surface area contributed by atoms with Crippen LogP contribution in [0, 0.1) is 22.2 Å². The lowest BCUT2D eigenvalue weighted by Crippen LogP contribution is -2.49. The minimum absolute atomic E-state index is 0.104. The zero-order valence-corrected chi connectivity index (χ0v) is 12.3. The molecule has 2 aliphatic carbocycles. The molecule has 2 nitrogen and oxygen atoms in total. The van der Waals surface area contributed by atoms with Gasteiger partial charge < -0.3 is 10.4 Å². The molecule has 100 valence electrons. The number of hydrogen-bond acceptors (Lipinski definition) is 2. The van der Waals surface area contributed by atoms with Gasteiger partial charge in [-0.05, 0) is 29.6 Å². The zero-order valence-electron chi connectivity index (χ0n) is 12.3. The van der Waals surface area contributed by atoms with Gasteiger partial charge in [-0.1, -0.05) is 41.5 Å². The average molecular weight is 239 g/mol. The van der Waals surface area contributed by atoms with Gasteiger partial charge in [0.15, 0.2) is 0 Å². The van der Waals surface area contributed by atoms with Crippen molar-refractivity contribution < 1.29 is 5.11 Å². The minimum Gasteiger partial charge on any atom is -0.391 e. The normalized spacial score (nSPS) is 44.3. The van der Waals surface area contributed by atoms with Crippen LogP contribution in [0.25, 0.3) is 0 Å². The van der Waals surface area contributed by atoms with Crippen molar-refractivity contribution in [2.75, 3.05) is 6.54 Å². The number of rotatable bonds is 2. The first-order valence-corrected chi connectivity index (χ1v) is 7.01. The third kappa shape index (κ3) is 1.84. The summed E-state index contributed by atoms with van der Waals surface area (Å²) < 4.78 is 0. The van der Waals surface area contributed by atoms with Gasteiger partial charge in [-0.2, -0.15) is 0 Å². The maximum atomic E-state index is 10.6. The molecule has 0 saturated heterocycles. The van der Waals surface area contributed by atoms with Crippen LogP contribution in [0.2, 0.25) is 0 Å². The summed E-state index contributed by atoms with van der Waals surface area (Å²) in [6.07, 6.45) is 2.26. The predicted molar refractivity (Wildman–Crippen MR) is 71.9 cm³/mol. The summed E-state index contributed by atoms with van der Waals surface area (Å²) in [6.45, 7) is 14.7. The summed E-state index contributed by atoms with van der Waals surface area (Å²) in [7, 11) is 0. The molecule has 0 aromatic rings. The van der Waals surface area contributed by atoms with E-state index in [0.29, 0.717) is 12.0 Å². The lowest BCUT2D eigenvalue weighted by atomic mass is 9.70. The number of hydrogen-bond donors (Lipinski definition) is 2. The van der Waals surface area contributed by atoms with E-state index in [9.17, 15) is 5.11 Å². The van der Waals surface area contributed by atoms with E-state index in [0.717, 1.165) is 6.54 Å². The fourth-order valence-electron chi connectivity index (χ4n) is 4.01. The van der Waals surface area contributed by atoms with Gasteiger partial charge in [0.2, 0.25) is 0 Å². The molecule has 2 saturated carbocycles. The van der Waals surface area contributed by atoms with Gasteiger partial charge in [0.05, 0.1) is 6.10 Å². The first-order chi connectivity index (χ1) is 7.59. The van der Waals surface area contributed by atoms with Gasteiger partial charge in [-0.25, -0.2) is 0 Å². The van der Waals surface area contributed by atoms with Crippen molar-refractivity contribution >= 4 is 0 Å². The molecule has 0 aliphatic heterocycles.